The summed E-state index contributed by atoms with van der Waals surface area (Å²) in [5.41, 5.74) is 0. The highest BCUT2D eigenvalue weighted by molar-refractivity contribution is 7.99. The van der Waals surface area contributed by atoms with Gasteiger partial charge in [0, 0.05) is 31.6 Å². The van der Waals surface area contributed by atoms with Crippen LogP contribution in [0.4, 0.5) is 0 Å². The zero-order chi connectivity index (χ0) is 13.4. The number of amides is 1. The number of hydrogen-bond donors (Lipinski definition) is 2. The second-order valence-corrected chi connectivity index (χ2v) is 5.91. The summed E-state index contributed by atoms with van der Waals surface area (Å²) in [6, 6.07) is 0.380. The molecule has 1 aliphatic carbocycles. The van der Waals surface area contributed by atoms with Crippen LogP contribution in [-0.2, 0) is 9.53 Å². The SMILES string of the molecule is COCCCNC(=O)C(C)NC1CCCC1SC. The number of carbonyl (C=O) groups excluding carboxylic acids is 1. The number of hydrogen-bond acceptors (Lipinski definition) is 4. The van der Waals surface area contributed by atoms with E-state index in [1.54, 1.807) is 7.11 Å². The van der Waals surface area contributed by atoms with Gasteiger partial charge in [-0.05, 0) is 32.4 Å². The molecule has 0 saturated heterocycles. The van der Waals surface area contributed by atoms with E-state index in [4.69, 9.17) is 4.74 Å². The molecule has 1 aliphatic rings. The predicted molar refractivity (Wildman–Crippen MR) is 77.0 cm³/mol. The van der Waals surface area contributed by atoms with Crippen molar-refractivity contribution in [1.29, 1.82) is 0 Å². The number of rotatable bonds is 8. The molecule has 2 N–H and O–H groups in total. The molecule has 4 nitrogen and oxygen atoms in total. The lowest BCUT2D eigenvalue weighted by atomic mass is 10.2. The van der Waals surface area contributed by atoms with Gasteiger partial charge in [-0.3, -0.25) is 4.79 Å². The van der Waals surface area contributed by atoms with Crippen LogP contribution in [0, 0.1) is 0 Å². The van der Waals surface area contributed by atoms with Crippen molar-refractivity contribution in [3.63, 3.8) is 0 Å². The van der Waals surface area contributed by atoms with Crippen molar-refractivity contribution in [2.24, 2.45) is 0 Å². The fourth-order valence-corrected chi connectivity index (χ4v) is 3.32. The highest BCUT2D eigenvalue weighted by Crippen LogP contribution is 2.28. The Morgan fingerprint density at radius 3 is 2.94 bits per heavy atom. The van der Waals surface area contributed by atoms with E-state index in [1.165, 1.54) is 19.3 Å². The van der Waals surface area contributed by atoms with Gasteiger partial charge in [-0.1, -0.05) is 6.42 Å². The normalized spacial score (nSPS) is 25.1. The Morgan fingerprint density at radius 2 is 2.28 bits per heavy atom. The molecule has 1 fully saturated rings. The summed E-state index contributed by atoms with van der Waals surface area (Å²) in [5.74, 6) is 0.0952. The lowest BCUT2D eigenvalue weighted by molar-refractivity contribution is -0.122. The molecule has 0 spiro atoms. The first-order chi connectivity index (χ1) is 8.69. The topological polar surface area (TPSA) is 50.4 Å². The first kappa shape index (κ1) is 15.8. The van der Waals surface area contributed by atoms with Crippen molar-refractivity contribution in [3.05, 3.63) is 0 Å². The molecule has 18 heavy (non-hydrogen) atoms. The van der Waals surface area contributed by atoms with Crippen molar-refractivity contribution >= 4 is 17.7 Å². The van der Waals surface area contributed by atoms with Crippen LogP contribution in [0.1, 0.15) is 32.6 Å². The van der Waals surface area contributed by atoms with Gasteiger partial charge in [0.1, 0.15) is 0 Å². The van der Waals surface area contributed by atoms with E-state index in [0.29, 0.717) is 24.4 Å². The van der Waals surface area contributed by atoms with E-state index >= 15 is 0 Å². The standard InChI is InChI=1S/C13H26N2O2S/c1-10(13(16)14-8-5-9-17-2)15-11-6-4-7-12(11)18-3/h10-12,15H,4-9H2,1-3H3,(H,14,16). The van der Waals surface area contributed by atoms with Crippen LogP contribution in [0.5, 0.6) is 0 Å². The Kier molecular flexibility index (Phi) is 7.70. The zero-order valence-corrected chi connectivity index (χ0v) is 12.5. The monoisotopic (exact) mass is 274 g/mol. The summed E-state index contributed by atoms with van der Waals surface area (Å²) in [4.78, 5) is 11.9. The van der Waals surface area contributed by atoms with Gasteiger partial charge >= 0.3 is 0 Å². The summed E-state index contributed by atoms with van der Waals surface area (Å²) in [6.45, 7) is 3.33. The number of ether oxygens (including phenoxy) is 1. The third-order valence-electron chi connectivity index (χ3n) is 3.44. The molecule has 3 atom stereocenters. The average molecular weight is 274 g/mol. The maximum absolute atomic E-state index is 11.9. The van der Waals surface area contributed by atoms with Crippen LogP contribution in [-0.4, -0.2) is 49.8 Å². The summed E-state index contributed by atoms with van der Waals surface area (Å²) in [7, 11) is 1.68. The van der Waals surface area contributed by atoms with Gasteiger partial charge in [0.25, 0.3) is 0 Å². The van der Waals surface area contributed by atoms with Crippen molar-refractivity contribution in [3.8, 4) is 0 Å². The van der Waals surface area contributed by atoms with Gasteiger partial charge in [0.05, 0.1) is 6.04 Å². The molecule has 0 aromatic rings. The lowest BCUT2D eigenvalue weighted by Crippen LogP contribution is -2.48. The number of methoxy groups -OCH3 is 1. The van der Waals surface area contributed by atoms with E-state index in [9.17, 15) is 4.79 Å². The maximum Gasteiger partial charge on any atom is 0.236 e. The van der Waals surface area contributed by atoms with E-state index in [2.05, 4.69) is 16.9 Å². The molecule has 0 bridgehead atoms. The van der Waals surface area contributed by atoms with Gasteiger partial charge < -0.3 is 15.4 Å². The minimum Gasteiger partial charge on any atom is -0.385 e. The Hall–Kier alpha value is -0.260. The second kappa shape index (κ2) is 8.77. The molecule has 0 aromatic carbocycles. The van der Waals surface area contributed by atoms with Gasteiger partial charge in [0.2, 0.25) is 5.91 Å². The highest BCUT2D eigenvalue weighted by atomic mass is 32.2. The van der Waals surface area contributed by atoms with Crippen molar-refractivity contribution in [2.75, 3.05) is 26.5 Å². The quantitative estimate of drug-likeness (QED) is 0.657. The number of thioether (sulfide) groups is 1. The lowest BCUT2D eigenvalue weighted by Gasteiger charge is -2.23. The van der Waals surface area contributed by atoms with Crippen molar-refractivity contribution in [1.82, 2.24) is 10.6 Å². The van der Waals surface area contributed by atoms with Crippen LogP contribution >= 0.6 is 11.8 Å². The van der Waals surface area contributed by atoms with Crippen LogP contribution in [0.2, 0.25) is 0 Å². The molecule has 0 heterocycles. The van der Waals surface area contributed by atoms with Gasteiger partial charge in [-0.15, -0.1) is 0 Å². The minimum absolute atomic E-state index is 0.0952. The maximum atomic E-state index is 11.9. The van der Waals surface area contributed by atoms with E-state index in [0.717, 1.165) is 6.42 Å². The highest BCUT2D eigenvalue weighted by Gasteiger charge is 2.28. The summed E-state index contributed by atoms with van der Waals surface area (Å²) in [6.07, 6.45) is 6.74. The van der Waals surface area contributed by atoms with Gasteiger partial charge in [0.15, 0.2) is 0 Å². The summed E-state index contributed by atoms with van der Waals surface area (Å²) < 4.78 is 4.95. The van der Waals surface area contributed by atoms with Gasteiger partial charge in [-0.2, -0.15) is 11.8 Å². The molecule has 0 aromatic heterocycles. The van der Waals surface area contributed by atoms with Crippen molar-refractivity contribution < 1.29 is 9.53 Å². The summed E-state index contributed by atoms with van der Waals surface area (Å²) >= 11 is 1.91. The Labute approximate surface area is 115 Å². The molecule has 0 radical (unpaired) electrons. The molecular weight excluding hydrogens is 248 g/mol. The first-order valence-electron chi connectivity index (χ1n) is 6.74. The van der Waals surface area contributed by atoms with Gasteiger partial charge in [-0.25, -0.2) is 0 Å². The Bertz CT molecular complexity index is 251. The Balaban J connectivity index is 2.22. The van der Waals surface area contributed by atoms with Crippen molar-refractivity contribution in [2.45, 2.75) is 49.9 Å². The molecule has 1 amide bonds. The minimum atomic E-state index is -0.106. The Morgan fingerprint density at radius 1 is 1.50 bits per heavy atom. The zero-order valence-electron chi connectivity index (χ0n) is 11.7. The number of nitrogens with one attached hydrogen (secondary N) is 2. The van der Waals surface area contributed by atoms with Crippen LogP contribution in [0.25, 0.3) is 0 Å². The van der Waals surface area contributed by atoms with E-state index in [-0.39, 0.29) is 11.9 Å². The first-order valence-corrected chi connectivity index (χ1v) is 8.03. The molecule has 5 heteroatoms. The van der Waals surface area contributed by atoms with Crippen LogP contribution < -0.4 is 10.6 Å². The molecule has 1 rings (SSSR count). The number of carbonyl (C=O) groups is 1. The fourth-order valence-electron chi connectivity index (χ4n) is 2.38. The summed E-state index contributed by atoms with van der Waals surface area (Å²) in [5, 5.41) is 7.05. The molecule has 1 saturated carbocycles. The molecule has 0 aliphatic heterocycles. The second-order valence-electron chi connectivity index (χ2n) is 4.84. The largest absolute Gasteiger partial charge is 0.385 e. The van der Waals surface area contributed by atoms with Crippen LogP contribution in [0.15, 0.2) is 0 Å². The van der Waals surface area contributed by atoms with Crippen LogP contribution in [0.3, 0.4) is 0 Å². The smallest absolute Gasteiger partial charge is 0.236 e. The van der Waals surface area contributed by atoms with E-state index in [1.807, 2.05) is 18.7 Å². The molecule has 3 unspecified atom stereocenters. The third kappa shape index (κ3) is 5.16. The van der Waals surface area contributed by atoms with E-state index < -0.39 is 0 Å². The molecular formula is C13H26N2O2S. The molecule has 106 valence electrons. The average Bonchev–Trinajstić information content (AvgIpc) is 2.81. The third-order valence-corrected chi connectivity index (χ3v) is 4.61. The predicted octanol–water partition coefficient (Wildman–Crippen LogP) is 1.40. The fraction of sp³-hybridized carbons (Fsp3) is 0.923.